The molecule has 0 aromatic heterocycles. The van der Waals surface area contributed by atoms with Gasteiger partial charge in [-0.3, -0.25) is 0 Å². The third-order valence-corrected chi connectivity index (χ3v) is 9.44. The van der Waals surface area contributed by atoms with E-state index in [4.69, 9.17) is 4.43 Å². The van der Waals surface area contributed by atoms with E-state index in [1.807, 2.05) is 42.5 Å². The Labute approximate surface area is 130 Å². The Morgan fingerprint density at radius 1 is 1.29 bits per heavy atom. The molecule has 0 bridgehead atoms. The van der Waals surface area contributed by atoms with Gasteiger partial charge >= 0.3 is 0 Å². The van der Waals surface area contributed by atoms with Gasteiger partial charge in [0.2, 0.25) is 0 Å². The average molecular weight is 305 g/mol. The molecule has 0 radical (unpaired) electrons. The van der Waals surface area contributed by atoms with Crippen LogP contribution in [0.5, 0.6) is 0 Å². The smallest absolute Gasteiger partial charge is 0.191 e. The minimum absolute atomic E-state index is 0.222. The second-order valence-electron chi connectivity index (χ2n) is 7.71. The molecule has 2 atom stereocenters. The molecule has 2 rings (SSSR count). The Balaban J connectivity index is 1.88. The molecule has 1 aromatic rings. The number of aliphatic hydroxyl groups is 1. The fourth-order valence-electron chi connectivity index (χ4n) is 2.07. The van der Waals surface area contributed by atoms with Gasteiger partial charge in [-0.2, -0.15) is 0 Å². The van der Waals surface area contributed by atoms with Crippen LogP contribution < -0.4 is 0 Å². The zero-order valence-electron chi connectivity index (χ0n) is 13.9. The van der Waals surface area contributed by atoms with E-state index in [1.54, 1.807) is 0 Å². The second kappa shape index (κ2) is 5.71. The molecule has 1 N–H and O–H groups in total. The molecular weight excluding hydrogens is 276 g/mol. The molecule has 1 saturated carbocycles. The van der Waals surface area contributed by atoms with Crippen LogP contribution in [0, 0.1) is 5.92 Å². The van der Waals surface area contributed by atoms with E-state index in [2.05, 4.69) is 33.9 Å². The van der Waals surface area contributed by atoms with E-state index in [9.17, 15) is 5.11 Å². The fourth-order valence-corrected chi connectivity index (χ4v) is 3.12. The van der Waals surface area contributed by atoms with E-state index in [-0.39, 0.29) is 11.0 Å². The molecule has 1 aromatic carbocycles. The van der Waals surface area contributed by atoms with Crippen molar-refractivity contribution in [1.82, 2.24) is 0 Å². The van der Waals surface area contributed by atoms with Gasteiger partial charge in [0.15, 0.2) is 8.32 Å². The van der Waals surface area contributed by atoms with Crippen LogP contribution in [0.1, 0.15) is 32.8 Å². The lowest BCUT2D eigenvalue weighted by Gasteiger charge is -2.36. The van der Waals surface area contributed by atoms with Crippen molar-refractivity contribution < 1.29 is 9.53 Å². The second-order valence-corrected chi connectivity index (χ2v) is 12.5. The van der Waals surface area contributed by atoms with Crippen LogP contribution in [-0.2, 0) is 4.43 Å². The maximum absolute atomic E-state index is 10.5. The predicted octanol–water partition coefficient (Wildman–Crippen LogP) is 4.47. The van der Waals surface area contributed by atoms with Gasteiger partial charge in [0.1, 0.15) is 0 Å². The Morgan fingerprint density at radius 3 is 2.48 bits per heavy atom. The summed E-state index contributed by atoms with van der Waals surface area (Å²) in [6.07, 6.45) is 4.75. The van der Waals surface area contributed by atoms with Crippen LogP contribution in [-0.4, -0.2) is 25.6 Å². The molecule has 21 heavy (non-hydrogen) atoms. The van der Waals surface area contributed by atoms with Crippen molar-refractivity contribution in [3.05, 3.63) is 42.0 Å². The van der Waals surface area contributed by atoms with Crippen LogP contribution in [0.15, 0.2) is 36.4 Å². The molecule has 2 nitrogen and oxygen atoms in total. The van der Waals surface area contributed by atoms with Crippen LogP contribution in [0.25, 0.3) is 6.08 Å². The van der Waals surface area contributed by atoms with Gasteiger partial charge < -0.3 is 9.53 Å². The molecule has 0 unspecified atom stereocenters. The first-order valence-electron chi connectivity index (χ1n) is 7.75. The molecule has 0 heterocycles. The number of benzene rings is 1. The summed E-state index contributed by atoms with van der Waals surface area (Å²) in [5.74, 6) is 0.242. The van der Waals surface area contributed by atoms with Crippen molar-refractivity contribution >= 4 is 14.4 Å². The Hall–Kier alpha value is -0.903. The summed E-state index contributed by atoms with van der Waals surface area (Å²) in [7, 11) is -1.71. The van der Waals surface area contributed by atoms with Crippen molar-refractivity contribution in [2.75, 3.05) is 6.61 Å². The highest BCUT2D eigenvalue weighted by atomic mass is 28.4. The minimum Gasteiger partial charge on any atom is -0.416 e. The molecule has 1 aliphatic rings. The van der Waals surface area contributed by atoms with Crippen molar-refractivity contribution in [2.24, 2.45) is 5.92 Å². The lowest BCUT2D eigenvalue weighted by molar-refractivity contribution is 0.157. The molecule has 1 fully saturated rings. The first-order valence-corrected chi connectivity index (χ1v) is 10.7. The van der Waals surface area contributed by atoms with Crippen molar-refractivity contribution in [3.8, 4) is 0 Å². The maximum atomic E-state index is 10.5. The molecule has 0 saturated heterocycles. The third-order valence-electron chi connectivity index (χ3n) is 4.94. The van der Waals surface area contributed by atoms with E-state index < -0.39 is 13.9 Å². The van der Waals surface area contributed by atoms with Gasteiger partial charge in [-0.15, -0.1) is 0 Å². The lowest BCUT2D eigenvalue weighted by atomic mass is 10.1. The van der Waals surface area contributed by atoms with Gasteiger partial charge in [-0.05, 0) is 30.1 Å². The average Bonchev–Trinajstić information content (AvgIpc) is 3.06. The van der Waals surface area contributed by atoms with Gasteiger partial charge in [-0.25, -0.2) is 0 Å². The summed E-state index contributed by atoms with van der Waals surface area (Å²) < 4.78 is 6.21. The van der Waals surface area contributed by atoms with Gasteiger partial charge in [0, 0.05) is 12.5 Å². The van der Waals surface area contributed by atoms with E-state index in [1.165, 1.54) is 0 Å². The molecule has 3 heteroatoms. The lowest BCUT2D eigenvalue weighted by Crippen LogP contribution is -2.41. The highest BCUT2D eigenvalue weighted by molar-refractivity contribution is 6.74. The van der Waals surface area contributed by atoms with Gasteiger partial charge in [0.05, 0.1) is 5.60 Å². The molecular formula is C18H28O2Si. The normalized spacial score (nSPS) is 26.3. The fraction of sp³-hybridized carbons (Fsp3) is 0.556. The summed E-state index contributed by atoms with van der Waals surface area (Å²) in [5.41, 5.74) is 0.458. The number of hydrogen-bond acceptors (Lipinski definition) is 2. The first kappa shape index (κ1) is 16.5. The largest absolute Gasteiger partial charge is 0.416 e. The van der Waals surface area contributed by atoms with Crippen molar-refractivity contribution in [3.63, 3.8) is 0 Å². The summed E-state index contributed by atoms with van der Waals surface area (Å²) in [4.78, 5) is 0. The van der Waals surface area contributed by atoms with E-state index in [0.717, 1.165) is 12.0 Å². The zero-order chi connectivity index (χ0) is 15.7. The quantitative estimate of drug-likeness (QED) is 0.813. The third kappa shape index (κ3) is 4.06. The molecule has 0 spiro atoms. The van der Waals surface area contributed by atoms with E-state index in [0.29, 0.717) is 6.61 Å². The SMILES string of the molecule is CC(C)(C)[Si](C)(C)OC[C@H]1C[C@]1(O)/C=C/c1ccccc1. The Kier molecular flexibility index (Phi) is 4.48. The molecule has 0 aliphatic heterocycles. The van der Waals surface area contributed by atoms with Gasteiger partial charge in [-0.1, -0.05) is 63.3 Å². The Bertz CT molecular complexity index is 502. The standard InChI is InChI=1S/C18H28O2Si/c1-17(2,3)21(4,5)20-14-16-13-18(16,19)12-11-15-9-7-6-8-10-15/h6-12,16,19H,13-14H2,1-5H3/b12-11+/t16-,18-/m1/s1. The van der Waals surface area contributed by atoms with Crippen LogP contribution in [0.3, 0.4) is 0 Å². The minimum atomic E-state index is -1.71. The van der Waals surface area contributed by atoms with Crippen LogP contribution >= 0.6 is 0 Å². The summed E-state index contributed by atoms with van der Waals surface area (Å²) >= 11 is 0. The Morgan fingerprint density at radius 2 is 1.90 bits per heavy atom. The zero-order valence-corrected chi connectivity index (χ0v) is 14.9. The summed E-state index contributed by atoms with van der Waals surface area (Å²) in [5, 5.41) is 10.7. The van der Waals surface area contributed by atoms with Crippen LogP contribution in [0.2, 0.25) is 18.1 Å². The summed E-state index contributed by atoms with van der Waals surface area (Å²) in [6.45, 7) is 11.9. The molecule has 1 aliphatic carbocycles. The monoisotopic (exact) mass is 304 g/mol. The topological polar surface area (TPSA) is 29.5 Å². The summed E-state index contributed by atoms with van der Waals surface area (Å²) in [6, 6.07) is 10.1. The maximum Gasteiger partial charge on any atom is 0.191 e. The molecule has 116 valence electrons. The first-order chi connectivity index (χ1) is 9.64. The molecule has 0 amide bonds. The van der Waals surface area contributed by atoms with Crippen LogP contribution in [0.4, 0.5) is 0 Å². The highest BCUT2D eigenvalue weighted by Gasteiger charge is 2.52. The van der Waals surface area contributed by atoms with Crippen molar-refractivity contribution in [1.29, 1.82) is 0 Å². The highest BCUT2D eigenvalue weighted by Crippen LogP contribution is 2.46. The number of hydrogen-bond donors (Lipinski definition) is 1. The van der Waals surface area contributed by atoms with E-state index >= 15 is 0 Å². The van der Waals surface area contributed by atoms with Crippen molar-refractivity contribution in [2.45, 2.75) is 50.9 Å². The number of rotatable bonds is 5. The predicted molar refractivity (Wildman–Crippen MR) is 91.7 cm³/mol. The van der Waals surface area contributed by atoms with Gasteiger partial charge in [0.25, 0.3) is 0 Å².